The minimum Gasteiger partial charge on any atom is -0.480 e. The molecule has 1 aliphatic rings. The van der Waals surface area contributed by atoms with Crippen molar-refractivity contribution in [2.24, 2.45) is 0 Å². The molecule has 2 rings (SSSR count). The summed E-state index contributed by atoms with van der Waals surface area (Å²) < 4.78 is 6.66. The largest absolute Gasteiger partial charge is 0.480 e. The smallest absolute Gasteiger partial charge is 0.263 e. The molecule has 1 N–H and O–H groups in total. The van der Waals surface area contributed by atoms with Gasteiger partial charge in [0.15, 0.2) is 6.10 Å². The second kappa shape index (κ2) is 8.01. The Labute approximate surface area is 140 Å². The molecule has 0 radical (unpaired) electrons. The molecular weight excluding hydrogens is 356 g/mol. The molecule has 0 aromatic heterocycles. The van der Waals surface area contributed by atoms with Crippen molar-refractivity contribution in [1.82, 2.24) is 10.2 Å². The standard InChI is InChI=1S/C15H21BrN2O2.ClH/c1-10-4-5-14(13(16)8-10)20-11(2)15(19)18(3)12-6-7-17-9-12;/h4-5,8,11-12,17H,6-7,9H2,1-3H3;1H. The molecule has 118 valence electrons. The van der Waals surface area contributed by atoms with Gasteiger partial charge >= 0.3 is 0 Å². The normalized spacial score (nSPS) is 18.8. The van der Waals surface area contributed by atoms with Crippen molar-refractivity contribution in [2.45, 2.75) is 32.4 Å². The van der Waals surface area contributed by atoms with Gasteiger partial charge in [-0.1, -0.05) is 6.07 Å². The molecule has 0 spiro atoms. The van der Waals surface area contributed by atoms with Crippen LogP contribution in [0, 0.1) is 6.92 Å². The maximum atomic E-state index is 12.4. The lowest BCUT2D eigenvalue weighted by Crippen LogP contribution is -2.44. The first-order valence-electron chi connectivity index (χ1n) is 6.89. The molecule has 0 saturated carbocycles. The minimum atomic E-state index is -0.486. The average molecular weight is 378 g/mol. The third-order valence-corrected chi connectivity index (χ3v) is 4.29. The highest BCUT2D eigenvalue weighted by atomic mass is 79.9. The van der Waals surface area contributed by atoms with Crippen LogP contribution in [-0.2, 0) is 4.79 Å². The molecular formula is C15H22BrClN2O2. The number of hydrogen-bond donors (Lipinski definition) is 1. The van der Waals surface area contributed by atoms with E-state index in [4.69, 9.17) is 4.74 Å². The third-order valence-electron chi connectivity index (χ3n) is 3.67. The molecule has 6 heteroatoms. The SMILES string of the molecule is Cc1ccc(OC(C)C(=O)N(C)C2CCNC2)c(Br)c1.Cl. The van der Waals surface area contributed by atoms with Gasteiger partial charge in [0.25, 0.3) is 5.91 Å². The number of nitrogens with one attached hydrogen (secondary N) is 1. The summed E-state index contributed by atoms with van der Waals surface area (Å²) in [6.07, 6.45) is 0.517. The van der Waals surface area contributed by atoms with E-state index in [0.717, 1.165) is 29.5 Å². The maximum Gasteiger partial charge on any atom is 0.263 e. The molecule has 1 heterocycles. The summed E-state index contributed by atoms with van der Waals surface area (Å²) in [6, 6.07) is 6.12. The molecule has 1 fully saturated rings. The van der Waals surface area contributed by atoms with Crippen LogP contribution in [0.5, 0.6) is 5.75 Å². The summed E-state index contributed by atoms with van der Waals surface area (Å²) in [5, 5.41) is 3.27. The van der Waals surface area contributed by atoms with Crippen LogP contribution in [0.25, 0.3) is 0 Å². The quantitative estimate of drug-likeness (QED) is 0.877. The van der Waals surface area contributed by atoms with Crippen molar-refractivity contribution in [2.75, 3.05) is 20.1 Å². The molecule has 1 amide bonds. The fraction of sp³-hybridized carbons (Fsp3) is 0.533. The van der Waals surface area contributed by atoms with Crippen LogP contribution in [0.1, 0.15) is 18.9 Å². The van der Waals surface area contributed by atoms with Crippen molar-refractivity contribution in [3.63, 3.8) is 0 Å². The van der Waals surface area contributed by atoms with E-state index in [9.17, 15) is 4.79 Å². The first-order chi connectivity index (χ1) is 9.49. The fourth-order valence-electron chi connectivity index (χ4n) is 2.38. The Morgan fingerprint density at radius 2 is 2.24 bits per heavy atom. The van der Waals surface area contributed by atoms with Gasteiger partial charge < -0.3 is 15.0 Å². The monoisotopic (exact) mass is 376 g/mol. The van der Waals surface area contributed by atoms with Crippen LogP contribution in [0.15, 0.2) is 22.7 Å². The summed E-state index contributed by atoms with van der Waals surface area (Å²) in [5.41, 5.74) is 1.15. The molecule has 0 aliphatic carbocycles. The van der Waals surface area contributed by atoms with Crippen LogP contribution in [0.3, 0.4) is 0 Å². The molecule has 1 aliphatic heterocycles. The van der Waals surface area contributed by atoms with Crippen LogP contribution >= 0.6 is 28.3 Å². The molecule has 1 saturated heterocycles. The van der Waals surface area contributed by atoms with Crippen molar-refractivity contribution in [3.05, 3.63) is 28.2 Å². The van der Waals surface area contributed by atoms with Crippen molar-refractivity contribution in [3.8, 4) is 5.75 Å². The van der Waals surface area contributed by atoms with Crippen LogP contribution in [0.4, 0.5) is 0 Å². The predicted octanol–water partition coefficient (Wildman–Crippen LogP) is 2.77. The van der Waals surface area contributed by atoms with Gasteiger partial charge in [-0.25, -0.2) is 0 Å². The Balaban J connectivity index is 0.00000220. The van der Waals surface area contributed by atoms with Gasteiger partial charge in [0.05, 0.1) is 4.47 Å². The highest BCUT2D eigenvalue weighted by molar-refractivity contribution is 9.10. The van der Waals surface area contributed by atoms with E-state index in [1.165, 1.54) is 0 Å². The maximum absolute atomic E-state index is 12.4. The van der Waals surface area contributed by atoms with E-state index >= 15 is 0 Å². The molecule has 1 aromatic carbocycles. The Morgan fingerprint density at radius 3 is 2.81 bits per heavy atom. The molecule has 4 nitrogen and oxygen atoms in total. The third kappa shape index (κ3) is 4.59. The number of halogens is 2. The molecule has 2 unspecified atom stereocenters. The zero-order valence-electron chi connectivity index (χ0n) is 12.6. The van der Waals surface area contributed by atoms with E-state index < -0.39 is 6.10 Å². The minimum absolute atomic E-state index is 0. The van der Waals surface area contributed by atoms with Gasteiger partial charge in [0.2, 0.25) is 0 Å². The summed E-state index contributed by atoms with van der Waals surface area (Å²) >= 11 is 3.47. The number of carbonyl (C=O) groups excluding carboxylic acids is 1. The van der Waals surface area contributed by atoms with Crippen LogP contribution < -0.4 is 10.1 Å². The Morgan fingerprint density at radius 1 is 1.52 bits per heavy atom. The van der Waals surface area contributed by atoms with Gasteiger partial charge in [-0.15, -0.1) is 12.4 Å². The number of likely N-dealkylation sites (N-methyl/N-ethyl adjacent to an activating group) is 1. The summed E-state index contributed by atoms with van der Waals surface area (Å²) in [4.78, 5) is 14.2. The van der Waals surface area contributed by atoms with E-state index in [2.05, 4.69) is 21.2 Å². The Kier molecular flexibility index (Phi) is 6.97. The highest BCUT2D eigenvalue weighted by Crippen LogP contribution is 2.27. The lowest BCUT2D eigenvalue weighted by Gasteiger charge is -2.27. The lowest BCUT2D eigenvalue weighted by molar-refractivity contribution is -0.138. The first kappa shape index (κ1) is 18.3. The van der Waals surface area contributed by atoms with E-state index in [1.807, 2.05) is 32.2 Å². The van der Waals surface area contributed by atoms with Crippen molar-refractivity contribution >= 4 is 34.2 Å². The van der Waals surface area contributed by atoms with Crippen LogP contribution in [0.2, 0.25) is 0 Å². The number of rotatable bonds is 4. The lowest BCUT2D eigenvalue weighted by atomic mass is 10.2. The van der Waals surface area contributed by atoms with E-state index in [1.54, 1.807) is 11.8 Å². The zero-order valence-corrected chi connectivity index (χ0v) is 15.0. The number of benzene rings is 1. The zero-order chi connectivity index (χ0) is 14.7. The Hall–Kier alpha value is -0.780. The summed E-state index contributed by atoms with van der Waals surface area (Å²) in [7, 11) is 1.85. The highest BCUT2D eigenvalue weighted by Gasteiger charge is 2.27. The van der Waals surface area contributed by atoms with Gasteiger partial charge in [-0.05, 0) is 60.4 Å². The second-order valence-electron chi connectivity index (χ2n) is 5.29. The number of ether oxygens (including phenoxy) is 1. The first-order valence-corrected chi connectivity index (χ1v) is 7.68. The molecule has 0 bridgehead atoms. The topological polar surface area (TPSA) is 41.6 Å². The fourth-order valence-corrected chi connectivity index (χ4v) is 2.97. The van der Waals surface area contributed by atoms with Gasteiger partial charge in [-0.2, -0.15) is 0 Å². The van der Waals surface area contributed by atoms with Crippen LogP contribution in [-0.4, -0.2) is 43.1 Å². The number of nitrogens with zero attached hydrogens (tertiary/aromatic N) is 1. The van der Waals surface area contributed by atoms with Gasteiger partial charge in [-0.3, -0.25) is 4.79 Å². The van der Waals surface area contributed by atoms with Gasteiger partial charge in [0, 0.05) is 19.6 Å². The summed E-state index contributed by atoms with van der Waals surface area (Å²) in [6.45, 7) is 5.65. The van der Waals surface area contributed by atoms with Crippen molar-refractivity contribution in [1.29, 1.82) is 0 Å². The molecule has 2 atom stereocenters. The molecule has 1 aromatic rings. The van der Waals surface area contributed by atoms with E-state index in [-0.39, 0.29) is 24.4 Å². The molecule has 21 heavy (non-hydrogen) atoms. The Bertz CT molecular complexity index is 493. The second-order valence-corrected chi connectivity index (χ2v) is 6.14. The number of hydrogen-bond acceptors (Lipinski definition) is 3. The van der Waals surface area contributed by atoms with Crippen molar-refractivity contribution < 1.29 is 9.53 Å². The number of aryl methyl sites for hydroxylation is 1. The van der Waals surface area contributed by atoms with E-state index in [0.29, 0.717) is 5.75 Å². The average Bonchev–Trinajstić information content (AvgIpc) is 2.94. The summed E-state index contributed by atoms with van der Waals surface area (Å²) in [5.74, 6) is 0.723. The number of amides is 1. The number of carbonyl (C=O) groups is 1. The predicted molar refractivity (Wildman–Crippen MR) is 90.3 cm³/mol. The van der Waals surface area contributed by atoms with Gasteiger partial charge in [0.1, 0.15) is 5.75 Å².